The lowest BCUT2D eigenvalue weighted by Crippen LogP contribution is -2.12. The van der Waals surface area contributed by atoms with Crippen LogP contribution in [0.4, 0.5) is 0 Å². The van der Waals surface area contributed by atoms with Crippen LogP contribution in [0.3, 0.4) is 0 Å². The van der Waals surface area contributed by atoms with Gasteiger partial charge in [-0.25, -0.2) is 18.2 Å². The van der Waals surface area contributed by atoms with Crippen LogP contribution in [0.15, 0.2) is 16.6 Å². The van der Waals surface area contributed by atoms with E-state index in [4.69, 9.17) is 4.74 Å². The van der Waals surface area contributed by atoms with E-state index < -0.39 is 15.8 Å². The van der Waals surface area contributed by atoms with Gasteiger partial charge in [0.1, 0.15) is 0 Å². The molecule has 2 rings (SSSR count). The van der Waals surface area contributed by atoms with Crippen molar-refractivity contribution in [1.29, 1.82) is 0 Å². The van der Waals surface area contributed by atoms with Gasteiger partial charge < -0.3 is 4.74 Å². The minimum Gasteiger partial charge on any atom is -0.461 e. The van der Waals surface area contributed by atoms with E-state index in [2.05, 4.69) is 4.98 Å². The van der Waals surface area contributed by atoms with E-state index in [0.717, 1.165) is 6.26 Å². The summed E-state index contributed by atoms with van der Waals surface area (Å²) >= 11 is 1.25. The van der Waals surface area contributed by atoms with Crippen molar-refractivity contribution in [2.24, 2.45) is 0 Å². The molecule has 0 amide bonds. The van der Waals surface area contributed by atoms with Crippen molar-refractivity contribution < 1.29 is 17.9 Å². The third-order valence-electron chi connectivity index (χ3n) is 2.05. The van der Waals surface area contributed by atoms with Crippen molar-refractivity contribution in [2.45, 2.75) is 11.9 Å². The monoisotopic (exact) mass is 274 g/mol. The number of carbonyl (C=O) groups excluding carboxylic acids is 1. The van der Waals surface area contributed by atoms with Crippen molar-refractivity contribution in [3.8, 4) is 0 Å². The largest absolute Gasteiger partial charge is 0.461 e. The Labute approximate surface area is 102 Å². The lowest BCUT2D eigenvalue weighted by Gasteiger charge is -2.02. The zero-order valence-corrected chi connectivity index (χ0v) is 10.8. The lowest BCUT2D eigenvalue weighted by molar-refractivity contribution is 0.0513. The van der Waals surface area contributed by atoms with Gasteiger partial charge in [-0.2, -0.15) is 0 Å². The molecule has 0 atom stereocenters. The normalized spacial score (nSPS) is 11.9. The highest BCUT2D eigenvalue weighted by molar-refractivity contribution is 7.90. The van der Waals surface area contributed by atoms with Crippen molar-refractivity contribution >= 4 is 32.1 Å². The molecule has 0 unspecified atom stereocenters. The Morgan fingerprint density at radius 3 is 2.88 bits per heavy atom. The molecule has 0 radical (unpaired) electrons. The molecule has 2 heterocycles. The lowest BCUT2D eigenvalue weighted by atomic mass is 10.5. The number of fused-ring (bicyclic) bond motifs is 1. The van der Waals surface area contributed by atoms with Gasteiger partial charge >= 0.3 is 5.97 Å². The number of rotatable bonds is 3. The number of carbonyl (C=O) groups is 1. The van der Waals surface area contributed by atoms with Gasteiger partial charge in [0.25, 0.3) is 0 Å². The molecule has 6 nitrogen and oxygen atoms in total. The molecule has 0 aliphatic rings. The molecule has 0 N–H and O–H groups in total. The molecule has 0 aliphatic heterocycles. The number of nitrogens with zero attached hydrogens (tertiary/aromatic N) is 2. The van der Waals surface area contributed by atoms with Crippen LogP contribution in [-0.4, -0.2) is 36.6 Å². The van der Waals surface area contributed by atoms with E-state index in [0.29, 0.717) is 4.96 Å². The zero-order valence-electron chi connectivity index (χ0n) is 9.21. The number of hydrogen-bond donors (Lipinski definition) is 0. The topological polar surface area (TPSA) is 77.7 Å². The van der Waals surface area contributed by atoms with Crippen molar-refractivity contribution in [3.05, 3.63) is 17.3 Å². The fourth-order valence-electron chi connectivity index (χ4n) is 1.41. The van der Waals surface area contributed by atoms with Crippen LogP contribution in [0.5, 0.6) is 0 Å². The van der Waals surface area contributed by atoms with Gasteiger partial charge in [-0.3, -0.25) is 4.40 Å². The van der Waals surface area contributed by atoms with Crippen LogP contribution in [0.25, 0.3) is 4.96 Å². The maximum Gasteiger partial charge on any atom is 0.358 e. The molecule has 0 saturated carbocycles. The van der Waals surface area contributed by atoms with Gasteiger partial charge in [-0.15, -0.1) is 11.3 Å². The maximum absolute atomic E-state index is 11.7. The summed E-state index contributed by atoms with van der Waals surface area (Å²) in [5, 5.41) is 1.49. The SMILES string of the molecule is CCOC(=O)c1c(S(C)(=O)=O)nc2sccn12. The van der Waals surface area contributed by atoms with Crippen LogP contribution in [-0.2, 0) is 14.6 Å². The van der Waals surface area contributed by atoms with E-state index in [1.54, 1.807) is 18.5 Å². The molecule has 8 heteroatoms. The Morgan fingerprint density at radius 1 is 1.59 bits per heavy atom. The highest BCUT2D eigenvalue weighted by Gasteiger charge is 2.27. The minimum atomic E-state index is -3.55. The first kappa shape index (κ1) is 12.1. The molecule has 0 bridgehead atoms. The Balaban J connectivity index is 2.71. The van der Waals surface area contributed by atoms with E-state index in [1.807, 2.05) is 0 Å². The summed E-state index contributed by atoms with van der Waals surface area (Å²) < 4.78 is 29.4. The smallest absolute Gasteiger partial charge is 0.358 e. The Bertz CT molecular complexity index is 668. The number of ether oxygens (including phenoxy) is 1. The molecule has 0 spiro atoms. The third-order valence-corrected chi connectivity index (χ3v) is 3.79. The van der Waals surface area contributed by atoms with E-state index in [9.17, 15) is 13.2 Å². The maximum atomic E-state index is 11.7. The number of esters is 1. The first-order valence-corrected chi connectivity index (χ1v) is 7.55. The highest BCUT2D eigenvalue weighted by atomic mass is 32.2. The second-order valence-corrected chi connectivity index (χ2v) is 6.12. The average Bonchev–Trinajstić information content (AvgIpc) is 2.73. The van der Waals surface area contributed by atoms with E-state index in [1.165, 1.54) is 15.7 Å². The van der Waals surface area contributed by atoms with Crippen LogP contribution in [0, 0.1) is 0 Å². The van der Waals surface area contributed by atoms with Gasteiger partial charge in [0.2, 0.25) is 0 Å². The average molecular weight is 274 g/mol. The second-order valence-electron chi connectivity index (χ2n) is 3.31. The van der Waals surface area contributed by atoms with E-state index >= 15 is 0 Å². The first-order chi connectivity index (χ1) is 7.95. The van der Waals surface area contributed by atoms with Crippen LogP contribution >= 0.6 is 11.3 Å². The van der Waals surface area contributed by atoms with Crippen LogP contribution in [0.2, 0.25) is 0 Å². The number of thiazole rings is 1. The molecule has 0 aromatic carbocycles. The second kappa shape index (κ2) is 4.11. The predicted molar refractivity (Wildman–Crippen MR) is 62.1 cm³/mol. The fraction of sp³-hybridized carbons (Fsp3) is 0.333. The predicted octanol–water partition coefficient (Wildman–Crippen LogP) is 0.976. The van der Waals surface area contributed by atoms with Gasteiger partial charge in [-0.1, -0.05) is 0 Å². The highest BCUT2D eigenvalue weighted by Crippen LogP contribution is 2.21. The van der Waals surface area contributed by atoms with Crippen LogP contribution < -0.4 is 0 Å². The summed E-state index contributed by atoms with van der Waals surface area (Å²) in [4.78, 5) is 16.1. The molecule has 2 aromatic rings. The summed E-state index contributed by atoms with van der Waals surface area (Å²) in [6.45, 7) is 1.84. The summed E-state index contributed by atoms with van der Waals surface area (Å²) in [5.74, 6) is -0.682. The molecule has 17 heavy (non-hydrogen) atoms. The number of aromatic nitrogens is 2. The molecule has 0 fully saturated rings. The van der Waals surface area contributed by atoms with Gasteiger partial charge in [0.15, 0.2) is 25.5 Å². The standard InChI is InChI=1S/C9H10N2O4S2/c1-3-15-8(12)6-7(17(2,13)14)10-9-11(6)4-5-16-9/h4-5H,3H2,1-2H3. The van der Waals surface area contributed by atoms with Crippen molar-refractivity contribution in [2.75, 3.05) is 12.9 Å². The summed E-state index contributed by atoms with van der Waals surface area (Å²) in [5.41, 5.74) is -0.0365. The molecular formula is C9H10N2O4S2. The fourth-order valence-corrected chi connectivity index (χ4v) is 2.97. The Kier molecular flexibility index (Phi) is 2.92. The summed E-state index contributed by atoms with van der Waals surface area (Å²) in [7, 11) is -3.55. The molecular weight excluding hydrogens is 264 g/mol. The molecule has 0 saturated heterocycles. The minimum absolute atomic E-state index is 0.0365. The van der Waals surface area contributed by atoms with E-state index in [-0.39, 0.29) is 17.3 Å². The summed E-state index contributed by atoms with van der Waals surface area (Å²) in [6, 6.07) is 0. The van der Waals surface area contributed by atoms with Crippen molar-refractivity contribution in [3.63, 3.8) is 0 Å². The first-order valence-electron chi connectivity index (χ1n) is 4.78. The Morgan fingerprint density at radius 2 is 2.29 bits per heavy atom. The number of imidazole rings is 1. The molecule has 92 valence electrons. The quantitative estimate of drug-likeness (QED) is 0.779. The van der Waals surface area contributed by atoms with Crippen LogP contribution in [0.1, 0.15) is 17.4 Å². The number of hydrogen-bond acceptors (Lipinski definition) is 6. The zero-order chi connectivity index (χ0) is 12.6. The molecule has 0 aliphatic carbocycles. The van der Waals surface area contributed by atoms with Gasteiger partial charge in [-0.05, 0) is 6.92 Å². The number of sulfone groups is 1. The third kappa shape index (κ3) is 2.05. The molecule has 2 aromatic heterocycles. The van der Waals surface area contributed by atoms with Gasteiger partial charge in [0, 0.05) is 17.8 Å². The Hall–Kier alpha value is -1.41. The van der Waals surface area contributed by atoms with Crippen molar-refractivity contribution in [1.82, 2.24) is 9.38 Å². The van der Waals surface area contributed by atoms with Gasteiger partial charge in [0.05, 0.1) is 6.61 Å². The summed E-state index contributed by atoms with van der Waals surface area (Å²) in [6.07, 6.45) is 2.61.